The molecular weight excluding hydrogens is 178 g/mol. The predicted octanol–water partition coefficient (Wildman–Crippen LogP) is 1.25. The molecule has 4 nitrogen and oxygen atoms in total. The van der Waals surface area contributed by atoms with Gasteiger partial charge in [-0.2, -0.15) is 0 Å². The van der Waals surface area contributed by atoms with Gasteiger partial charge in [0.15, 0.2) is 5.82 Å². The molecule has 1 rings (SSSR count). The molecule has 0 aliphatic heterocycles. The third kappa shape index (κ3) is 2.87. The van der Waals surface area contributed by atoms with Gasteiger partial charge < -0.3 is 9.88 Å². The van der Waals surface area contributed by atoms with Gasteiger partial charge in [0.1, 0.15) is 0 Å². The van der Waals surface area contributed by atoms with Gasteiger partial charge in [-0.25, -0.2) is 4.98 Å². The maximum absolute atomic E-state index is 11.4. The molecule has 0 unspecified atom stereocenters. The Morgan fingerprint density at radius 1 is 1.50 bits per heavy atom. The van der Waals surface area contributed by atoms with Crippen LogP contribution in [0.2, 0.25) is 0 Å². The number of hydrogen-bond donors (Lipinski definition) is 1. The lowest BCUT2D eigenvalue weighted by Crippen LogP contribution is -2.33. The predicted molar refractivity (Wildman–Crippen MR) is 57.6 cm³/mol. The van der Waals surface area contributed by atoms with Gasteiger partial charge in [-0.15, -0.1) is 0 Å². The molecule has 0 spiro atoms. The zero-order valence-electron chi connectivity index (χ0n) is 9.16. The SMILES string of the molecule is CN(CC(C)(C)C)c1ncc[nH]c1=O. The number of aromatic amines is 1. The Morgan fingerprint density at radius 3 is 2.64 bits per heavy atom. The summed E-state index contributed by atoms with van der Waals surface area (Å²) in [5, 5.41) is 0. The summed E-state index contributed by atoms with van der Waals surface area (Å²) in [4.78, 5) is 19.9. The van der Waals surface area contributed by atoms with E-state index in [0.717, 1.165) is 6.54 Å². The summed E-state index contributed by atoms with van der Waals surface area (Å²) >= 11 is 0. The fourth-order valence-corrected chi connectivity index (χ4v) is 1.40. The van der Waals surface area contributed by atoms with Crippen LogP contribution in [0.1, 0.15) is 20.8 Å². The molecule has 0 fully saturated rings. The van der Waals surface area contributed by atoms with Crippen LogP contribution in [-0.4, -0.2) is 23.6 Å². The van der Waals surface area contributed by atoms with Crippen molar-refractivity contribution >= 4 is 5.82 Å². The molecule has 0 atom stereocenters. The van der Waals surface area contributed by atoms with Crippen LogP contribution in [0.25, 0.3) is 0 Å². The minimum Gasteiger partial charge on any atom is -0.355 e. The number of H-pyrrole nitrogens is 1. The number of rotatable bonds is 2. The summed E-state index contributed by atoms with van der Waals surface area (Å²) in [5.74, 6) is 0.474. The molecule has 0 radical (unpaired) electrons. The van der Waals surface area contributed by atoms with Crippen molar-refractivity contribution in [1.82, 2.24) is 9.97 Å². The summed E-state index contributed by atoms with van der Waals surface area (Å²) in [6.07, 6.45) is 3.13. The Labute approximate surface area is 84.0 Å². The van der Waals surface area contributed by atoms with Crippen molar-refractivity contribution in [1.29, 1.82) is 0 Å². The summed E-state index contributed by atoms with van der Waals surface area (Å²) in [7, 11) is 1.88. The van der Waals surface area contributed by atoms with Crippen LogP contribution in [0.3, 0.4) is 0 Å². The first-order chi connectivity index (χ1) is 6.40. The van der Waals surface area contributed by atoms with Gasteiger partial charge in [0, 0.05) is 26.0 Å². The molecule has 0 saturated carbocycles. The maximum Gasteiger partial charge on any atom is 0.290 e. The summed E-state index contributed by atoms with van der Waals surface area (Å²) in [6, 6.07) is 0. The first-order valence-electron chi connectivity index (χ1n) is 4.65. The van der Waals surface area contributed by atoms with E-state index in [1.54, 1.807) is 6.20 Å². The van der Waals surface area contributed by atoms with E-state index in [9.17, 15) is 4.79 Å². The van der Waals surface area contributed by atoms with Crippen LogP contribution in [-0.2, 0) is 0 Å². The molecular formula is C10H17N3O. The molecule has 0 amide bonds. The second-order valence-electron chi connectivity index (χ2n) is 4.66. The number of hydrogen-bond acceptors (Lipinski definition) is 3. The highest BCUT2D eigenvalue weighted by Gasteiger charge is 2.16. The van der Waals surface area contributed by atoms with Crippen LogP contribution in [0.15, 0.2) is 17.2 Å². The van der Waals surface area contributed by atoms with Gasteiger partial charge in [-0.3, -0.25) is 4.79 Å². The molecule has 14 heavy (non-hydrogen) atoms. The highest BCUT2D eigenvalue weighted by atomic mass is 16.1. The zero-order chi connectivity index (χ0) is 10.8. The minimum atomic E-state index is -0.140. The fraction of sp³-hybridized carbons (Fsp3) is 0.600. The average Bonchev–Trinajstić information content (AvgIpc) is 2.01. The van der Waals surface area contributed by atoms with E-state index in [-0.39, 0.29) is 11.0 Å². The van der Waals surface area contributed by atoms with Crippen molar-refractivity contribution in [3.05, 3.63) is 22.7 Å². The number of anilines is 1. The highest BCUT2D eigenvalue weighted by molar-refractivity contribution is 5.33. The van der Waals surface area contributed by atoms with E-state index in [2.05, 4.69) is 30.7 Å². The van der Waals surface area contributed by atoms with Gasteiger partial charge in [-0.05, 0) is 5.41 Å². The van der Waals surface area contributed by atoms with Crippen molar-refractivity contribution < 1.29 is 0 Å². The van der Waals surface area contributed by atoms with Gasteiger partial charge >= 0.3 is 0 Å². The second-order valence-corrected chi connectivity index (χ2v) is 4.66. The quantitative estimate of drug-likeness (QED) is 0.772. The van der Waals surface area contributed by atoms with Crippen molar-refractivity contribution in [2.75, 3.05) is 18.5 Å². The Hall–Kier alpha value is -1.32. The summed E-state index contributed by atoms with van der Waals surface area (Å²) in [6.45, 7) is 7.18. The first kappa shape index (κ1) is 10.8. The molecule has 1 N–H and O–H groups in total. The largest absolute Gasteiger partial charge is 0.355 e. The van der Waals surface area contributed by atoms with Crippen LogP contribution < -0.4 is 10.5 Å². The van der Waals surface area contributed by atoms with Crippen LogP contribution in [0, 0.1) is 5.41 Å². The zero-order valence-corrected chi connectivity index (χ0v) is 9.16. The Morgan fingerprint density at radius 2 is 2.14 bits per heavy atom. The standard InChI is InChI=1S/C10H17N3O/c1-10(2,3)7-13(4)8-9(14)12-6-5-11-8/h5-6H,7H2,1-4H3,(H,12,14). The fourth-order valence-electron chi connectivity index (χ4n) is 1.40. The van der Waals surface area contributed by atoms with Crippen molar-refractivity contribution in [3.8, 4) is 0 Å². The molecule has 1 aromatic heterocycles. The van der Waals surface area contributed by atoms with Crippen LogP contribution >= 0.6 is 0 Å². The van der Waals surface area contributed by atoms with Crippen molar-refractivity contribution in [3.63, 3.8) is 0 Å². The smallest absolute Gasteiger partial charge is 0.290 e. The second kappa shape index (κ2) is 3.82. The number of aromatic nitrogens is 2. The van der Waals surface area contributed by atoms with Crippen molar-refractivity contribution in [2.24, 2.45) is 5.41 Å². The van der Waals surface area contributed by atoms with E-state index in [1.807, 2.05) is 11.9 Å². The van der Waals surface area contributed by atoms with E-state index in [0.29, 0.717) is 5.82 Å². The number of nitrogens with one attached hydrogen (secondary N) is 1. The molecule has 0 bridgehead atoms. The third-order valence-corrected chi connectivity index (χ3v) is 1.76. The van der Waals surface area contributed by atoms with E-state index < -0.39 is 0 Å². The van der Waals surface area contributed by atoms with Crippen LogP contribution in [0.5, 0.6) is 0 Å². The summed E-state index contributed by atoms with van der Waals surface area (Å²) in [5.41, 5.74) is 0.0119. The van der Waals surface area contributed by atoms with Gasteiger partial charge in [0.05, 0.1) is 0 Å². The molecule has 0 aromatic carbocycles. The third-order valence-electron chi connectivity index (χ3n) is 1.76. The van der Waals surface area contributed by atoms with Crippen molar-refractivity contribution in [2.45, 2.75) is 20.8 Å². The normalized spacial score (nSPS) is 11.4. The van der Waals surface area contributed by atoms with Gasteiger partial charge in [0.25, 0.3) is 5.56 Å². The lowest BCUT2D eigenvalue weighted by Gasteiger charge is -2.26. The molecule has 0 saturated heterocycles. The highest BCUT2D eigenvalue weighted by Crippen LogP contribution is 2.15. The maximum atomic E-state index is 11.4. The van der Waals surface area contributed by atoms with Crippen LogP contribution in [0.4, 0.5) is 5.82 Å². The van der Waals surface area contributed by atoms with E-state index >= 15 is 0 Å². The molecule has 1 heterocycles. The van der Waals surface area contributed by atoms with E-state index in [1.165, 1.54) is 6.20 Å². The van der Waals surface area contributed by atoms with Gasteiger partial charge in [-0.1, -0.05) is 20.8 Å². The Kier molecular flexibility index (Phi) is 2.93. The molecule has 78 valence electrons. The van der Waals surface area contributed by atoms with E-state index in [4.69, 9.17) is 0 Å². The van der Waals surface area contributed by atoms with Gasteiger partial charge in [0.2, 0.25) is 0 Å². The monoisotopic (exact) mass is 195 g/mol. The number of nitrogens with zero attached hydrogens (tertiary/aromatic N) is 2. The lowest BCUT2D eigenvalue weighted by atomic mass is 9.96. The Bertz CT molecular complexity index is 351. The topological polar surface area (TPSA) is 49.0 Å². The summed E-state index contributed by atoms with van der Waals surface area (Å²) < 4.78 is 0. The first-order valence-corrected chi connectivity index (χ1v) is 4.65. The molecule has 0 aliphatic carbocycles. The average molecular weight is 195 g/mol. The Balaban J connectivity index is 2.85. The lowest BCUT2D eigenvalue weighted by molar-refractivity contribution is 0.417. The molecule has 0 aliphatic rings. The molecule has 4 heteroatoms. The molecule has 1 aromatic rings. The minimum absolute atomic E-state index is 0.140.